The van der Waals surface area contributed by atoms with Gasteiger partial charge in [0.15, 0.2) is 0 Å². The van der Waals surface area contributed by atoms with E-state index in [4.69, 9.17) is 0 Å². The average molecular weight is 312 g/mol. The van der Waals surface area contributed by atoms with Gasteiger partial charge in [-0.2, -0.15) is 0 Å². The Morgan fingerprint density at radius 2 is 2.06 bits per heavy atom. The third-order valence-electron chi connectivity index (χ3n) is 3.13. The summed E-state index contributed by atoms with van der Waals surface area (Å²) in [5, 5.41) is 0. The maximum Gasteiger partial charge on any atom is 0.226 e. The molecule has 3 heteroatoms. The van der Waals surface area contributed by atoms with Crippen molar-refractivity contribution in [1.29, 1.82) is 0 Å². The molecule has 0 N–H and O–H groups in total. The van der Waals surface area contributed by atoms with Crippen molar-refractivity contribution in [2.75, 3.05) is 13.6 Å². The highest BCUT2D eigenvalue weighted by atomic mass is 79.9. The molecule has 0 saturated carbocycles. The van der Waals surface area contributed by atoms with Gasteiger partial charge in [-0.25, -0.2) is 0 Å². The topological polar surface area (TPSA) is 20.3 Å². The van der Waals surface area contributed by atoms with Gasteiger partial charge in [-0.05, 0) is 31.4 Å². The van der Waals surface area contributed by atoms with E-state index >= 15 is 0 Å². The molecule has 0 spiro atoms. The van der Waals surface area contributed by atoms with E-state index in [-0.39, 0.29) is 5.91 Å². The molecule has 100 valence electrons. The van der Waals surface area contributed by atoms with Gasteiger partial charge in [-0.1, -0.05) is 46.6 Å². The van der Waals surface area contributed by atoms with Crippen molar-refractivity contribution in [2.45, 2.75) is 38.4 Å². The van der Waals surface area contributed by atoms with E-state index in [1.807, 2.05) is 11.9 Å². The Morgan fingerprint density at radius 1 is 1.39 bits per heavy atom. The molecular weight excluding hydrogens is 290 g/mol. The highest BCUT2D eigenvalue weighted by molar-refractivity contribution is 9.09. The summed E-state index contributed by atoms with van der Waals surface area (Å²) in [4.78, 5) is 14.4. The Bertz CT molecular complexity index is 415. The zero-order chi connectivity index (χ0) is 13.7. The number of benzene rings is 1. The van der Waals surface area contributed by atoms with Crippen LogP contribution in [0.5, 0.6) is 0 Å². The number of likely N-dealkylation sites (N-methyl/N-ethyl adjacent to an activating group) is 1. The van der Waals surface area contributed by atoms with Crippen LogP contribution in [0.15, 0.2) is 18.2 Å². The average Bonchev–Trinajstić information content (AvgIpc) is 2.30. The molecule has 0 heterocycles. The fourth-order valence-electron chi connectivity index (χ4n) is 1.78. The van der Waals surface area contributed by atoms with Crippen LogP contribution in [-0.2, 0) is 11.2 Å². The molecule has 1 amide bonds. The van der Waals surface area contributed by atoms with Gasteiger partial charge in [0, 0.05) is 18.4 Å². The van der Waals surface area contributed by atoms with Gasteiger partial charge >= 0.3 is 0 Å². The molecule has 2 nitrogen and oxygen atoms in total. The summed E-state index contributed by atoms with van der Waals surface area (Å²) in [7, 11) is 1.88. The SMILES string of the molecule is Cc1ccc(C)c(CC(=O)N(C)CCC(C)Br)c1. The van der Waals surface area contributed by atoms with Crippen LogP contribution in [0.25, 0.3) is 0 Å². The number of amides is 1. The van der Waals surface area contributed by atoms with E-state index in [0.717, 1.165) is 18.5 Å². The van der Waals surface area contributed by atoms with E-state index in [1.54, 1.807) is 0 Å². The first kappa shape index (κ1) is 15.2. The lowest BCUT2D eigenvalue weighted by Crippen LogP contribution is -2.30. The van der Waals surface area contributed by atoms with Crippen molar-refractivity contribution in [3.63, 3.8) is 0 Å². The second-order valence-electron chi connectivity index (χ2n) is 4.99. The van der Waals surface area contributed by atoms with E-state index in [0.29, 0.717) is 11.2 Å². The Labute approximate surface area is 119 Å². The van der Waals surface area contributed by atoms with Crippen LogP contribution < -0.4 is 0 Å². The van der Waals surface area contributed by atoms with Crippen LogP contribution >= 0.6 is 15.9 Å². The van der Waals surface area contributed by atoms with Crippen LogP contribution in [0.1, 0.15) is 30.0 Å². The van der Waals surface area contributed by atoms with Crippen LogP contribution in [-0.4, -0.2) is 29.2 Å². The summed E-state index contributed by atoms with van der Waals surface area (Å²) in [6, 6.07) is 6.27. The molecule has 18 heavy (non-hydrogen) atoms. The number of carbonyl (C=O) groups excluding carboxylic acids is 1. The number of halogens is 1. The van der Waals surface area contributed by atoms with Crippen molar-refractivity contribution in [3.05, 3.63) is 34.9 Å². The first-order valence-electron chi connectivity index (χ1n) is 6.34. The van der Waals surface area contributed by atoms with Crippen molar-refractivity contribution in [3.8, 4) is 0 Å². The zero-order valence-electron chi connectivity index (χ0n) is 11.7. The number of alkyl halides is 1. The first-order chi connectivity index (χ1) is 8.40. The lowest BCUT2D eigenvalue weighted by Gasteiger charge is -2.18. The molecule has 0 saturated heterocycles. The zero-order valence-corrected chi connectivity index (χ0v) is 13.3. The minimum Gasteiger partial charge on any atom is -0.345 e. The maximum atomic E-state index is 12.1. The van der Waals surface area contributed by atoms with Gasteiger partial charge in [-0.15, -0.1) is 0 Å². The van der Waals surface area contributed by atoms with E-state index < -0.39 is 0 Å². The molecule has 0 bridgehead atoms. The summed E-state index contributed by atoms with van der Waals surface area (Å²) in [6.07, 6.45) is 1.48. The van der Waals surface area contributed by atoms with E-state index in [2.05, 4.69) is 54.9 Å². The highest BCUT2D eigenvalue weighted by Crippen LogP contribution is 2.13. The lowest BCUT2D eigenvalue weighted by atomic mass is 10.0. The van der Waals surface area contributed by atoms with Gasteiger partial charge in [0.25, 0.3) is 0 Å². The van der Waals surface area contributed by atoms with E-state index in [1.165, 1.54) is 11.1 Å². The van der Waals surface area contributed by atoms with Crippen molar-refractivity contribution < 1.29 is 4.79 Å². The van der Waals surface area contributed by atoms with Crippen LogP contribution in [0.2, 0.25) is 0 Å². The van der Waals surface area contributed by atoms with Crippen LogP contribution in [0.4, 0.5) is 0 Å². The molecule has 0 aliphatic carbocycles. The molecule has 0 aliphatic rings. The monoisotopic (exact) mass is 311 g/mol. The molecule has 1 rings (SSSR count). The van der Waals surface area contributed by atoms with Crippen molar-refractivity contribution >= 4 is 21.8 Å². The first-order valence-corrected chi connectivity index (χ1v) is 7.26. The molecule has 0 radical (unpaired) electrons. The molecule has 0 fully saturated rings. The molecule has 1 unspecified atom stereocenters. The number of rotatable bonds is 5. The molecule has 1 aromatic carbocycles. The standard InChI is InChI=1S/C15H22BrNO/c1-11-5-6-12(2)14(9-11)10-15(18)17(4)8-7-13(3)16/h5-6,9,13H,7-8,10H2,1-4H3. The van der Waals surface area contributed by atoms with E-state index in [9.17, 15) is 4.79 Å². The summed E-state index contributed by atoms with van der Waals surface area (Å²) in [5.74, 6) is 0.192. The van der Waals surface area contributed by atoms with Crippen LogP contribution in [0, 0.1) is 13.8 Å². The number of hydrogen-bond donors (Lipinski definition) is 0. The maximum absolute atomic E-state index is 12.1. The summed E-state index contributed by atoms with van der Waals surface area (Å²) >= 11 is 3.50. The molecule has 0 aliphatic heterocycles. The number of aryl methyl sites for hydroxylation is 2. The predicted octanol–water partition coefficient (Wildman–Crippen LogP) is 3.48. The number of hydrogen-bond acceptors (Lipinski definition) is 1. The molecular formula is C15H22BrNO. The van der Waals surface area contributed by atoms with Gasteiger partial charge < -0.3 is 4.90 Å². The Hall–Kier alpha value is -0.830. The Kier molecular flexibility index (Phi) is 5.86. The second-order valence-corrected chi connectivity index (χ2v) is 6.55. The predicted molar refractivity (Wildman–Crippen MR) is 80.3 cm³/mol. The lowest BCUT2D eigenvalue weighted by molar-refractivity contribution is -0.129. The smallest absolute Gasteiger partial charge is 0.226 e. The largest absolute Gasteiger partial charge is 0.345 e. The van der Waals surface area contributed by atoms with Crippen molar-refractivity contribution in [2.24, 2.45) is 0 Å². The minimum absolute atomic E-state index is 0.192. The third kappa shape index (κ3) is 4.81. The fourth-order valence-corrected chi connectivity index (χ4v) is 1.99. The third-order valence-corrected chi connectivity index (χ3v) is 3.59. The van der Waals surface area contributed by atoms with Crippen LogP contribution in [0.3, 0.4) is 0 Å². The fraction of sp³-hybridized carbons (Fsp3) is 0.533. The number of carbonyl (C=O) groups is 1. The van der Waals surface area contributed by atoms with Gasteiger partial charge in [0.2, 0.25) is 5.91 Å². The highest BCUT2D eigenvalue weighted by Gasteiger charge is 2.11. The molecule has 1 aromatic rings. The molecule has 1 atom stereocenters. The Balaban J connectivity index is 2.61. The van der Waals surface area contributed by atoms with Crippen molar-refractivity contribution in [1.82, 2.24) is 4.90 Å². The summed E-state index contributed by atoms with van der Waals surface area (Å²) in [6.45, 7) is 7.02. The summed E-state index contributed by atoms with van der Waals surface area (Å²) < 4.78 is 0. The quantitative estimate of drug-likeness (QED) is 0.762. The minimum atomic E-state index is 0.192. The van der Waals surface area contributed by atoms with Gasteiger partial charge in [0.1, 0.15) is 0 Å². The van der Waals surface area contributed by atoms with Gasteiger partial charge in [-0.3, -0.25) is 4.79 Å². The molecule has 0 aromatic heterocycles. The Morgan fingerprint density at radius 3 is 2.67 bits per heavy atom. The second kappa shape index (κ2) is 6.93. The number of nitrogens with zero attached hydrogens (tertiary/aromatic N) is 1. The van der Waals surface area contributed by atoms with Gasteiger partial charge in [0.05, 0.1) is 6.42 Å². The summed E-state index contributed by atoms with van der Waals surface area (Å²) in [5.41, 5.74) is 3.54. The normalized spacial score (nSPS) is 12.3.